The molecule has 158 valence electrons. The molecule has 0 aliphatic heterocycles. The van der Waals surface area contributed by atoms with E-state index in [4.69, 9.17) is 5.73 Å². The fourth-order valence-corrected chi connectivity index (χ4v) is 3.52. The van der Waals surface area contributed by atoms with Crippen molar-refractivity contribution in [3.63, 3.8) is 0 Å². The van der Waals surface area contributed by atoms with E-state index >= 15 is 0 Å². The molecule has 0 radical (unpaired) electrons. The van der Waals surface area contributed by atoms with E-state index in [2.05, 4.69) is 20.0 Å². The van der Waals surface area contributed by atoms with E-state index in [1.807, 2.05) is 30.3 Å². The number of nitrogens with two attached hydrogens (primary N) is 1. The molecule has 3 rings (SSSR count). The van der Waals surface area contributed by atoms with Gasteiger partial charge in [-0.1, -0.05) is 30.3 Å². The van der Waals surface area contributed by atoms with Crippen LogP contribution in [0.5, 0.6) is 0 Å². The van der Waals surface area contributed by atoms with Crippen LogP contribution in [0.2, 0.25) is 0 Å². The summed E-state index contributed by atoms with van der Waals surface area (Å²) in [5.74, 6) is 0.286. The van der Waals surface area contributed by atoms with Crippen molar-refractivity contribution in [2.75, 3.05) is 22.8 Å². The SMILES string of the molecule is Cn1c(NCC(N)Cc2ccccc2)nc(-c2ccncc2)c(NS(C)(=O)=O)c1=O. The first-order chi connectivity index (χ1) is 14.2. The standard InChI is InChI=1S/C20H24N6O3S/c1-26-19(27)18(25-30(2,28)29)17(15-8-10-22-11-9-15)24-20(26)23-13-16(21)12-14-6-4-3-5-7-14/h3-11,16,25H,12-13,21H2,1-2H3,(H,23,24). The minimum atomic E-state index is -3.68. The first-order valence-electron chi connectivity index (χ1n) is 9.27. The monoisotopic (exact) mass is 428 g/mol. The molecule has 3 aromatic rings. The van der Waals surface area contributed by atoms with Crippen molar-refractivity contribution in [1.29, 1.82) is 0 Å². The van der Waals surface area contributed by atoms with Crippen molar-refractivity contribution in [3.8, 4) is 11.3 Å². The zero-order valence-electron chi connectivity index (χ0n) is 16.7. The number of sulfonamides is 1. The molecule has 0 bridgehead atoms. The van der Waals surface area contributed by atoms with Crippen LogP contribution < -0.4 is 21.3 Å². The number of rotatable bonds is 8. The predicted octanol–water partition coefficient (Wildman–Crippen LogP) is 1.20. The van der Waals surface area contributed by atoms with E-state index in [1.54, 1.807) is 24.5 Å². The zero-order chi connectivity index (χ0) is 21.7. The average Bonchev–Trinajstić information content (AvgIpc) is 2.71. The maximum Gasteiger partial charge on any atom is 0.279 e. The molecule has 10 heteroatoms. The molecule has 1 atom stereocenters. The maximum absolute atomic E-state index is 12.9. The summed E-state index contributed by atoms with van der Waals surface area (Å²) in [5.41, 5.74) is 7.46. The van der Waals surface area contributed by atoms with Gasteiger partial charge in [-0.15, -0.1) is 0 Å². The second-order valence-corrected chi connectivity index (χ2v) is 8.71. The van der Waals surface area contributed by atoms with E-state index in [0.717, 1.165) is 11.8 Å². The first kappa shape index (κ1) is 21.5. The summed E-state index contributed by atoms with van der Waals surface area (Å²) in [6.07, 6.45) is 4.73. The number of hydrogen-bond donors (Lipinski definition) is 3. The zero-order valence-corrected chi connectivity index (χ0v) is 17.6. The van der Waals surface area contributed by atoms with Gasteiger partial charge < -0.3 is 11.1 Å². The molecule has 4 N–H and O–H groups in total. The Hall–Kier alpha value is -3.24. The quantitative estimate of drug-likeness (QED) is 0.491. The number of aromatic nitrogens is 3. The molecule has 0 saturated carbocycles. The molecule has 0 aliphatic rings. The van der Waals surface area contributed by atoms with Crippen molar-refractivity contribution < 1.29 is 8.42 Å². The van der Waals surface area contributed by atoms with Crippen molar-refractivity contribution >= 4 is 21.7 Å². The van der Waals surface area contributed by atoms with Crippen LogP contribution in [0.3, 0.4) is 0 Å². The first-order valence-corrected chi connectivity index (χ1v) is 11.2. The Kier molecular flexibility index (Phi) is 6.48. The van der Waals surface area contributed by atoms with Crippen molar-refractivity contribution in [3.05, 3.63) is 70.8 Å². The van der Waals surface area contributed by atoms with Gasteiger partial charge in [0, 0.05) is 37.6 Å². The summed E-state index contributed by atoms with van der Waals surface area (Å²) < 4.78 is 27.1. The van der Waals surface area contributed by atoms with Crippen LogP contribution in [0.15, 0.2) is 59.7 Å². The lowest BCUT2D eigenvalue weighted by atomic mass is 10.1. The van der Waals surface area contributed by atoms with Gasteiger partial charge in [-0.25, -0.2) is 13.4 Å². The number of nitrogens with one attached hydrogen (secondary N) is 2. The van der Waals surface area contributed by atoms with Gasteiger partial charge in [-0.2, -0.15) is 0 Å². The van der Waals surface area contributed by atoms with Gasteiger partial charge in [0.1, 0.15) is 11.4 Å². The van der Waals surface area contributed by atoms with Crippen LogP contribution in [0, 0.1) is 0 Å². The fraction of sp³-hybridized carbons (Fsp3) is 0.250. The van der Waals surface area contributed by atoms with Gasteiger partial charge >= 0.3 is 0 Å². The molecular weight excluding hydrogens is 404 g/mol. The van der Waals surface area contributed by atoms with Gasteiger partial charge in [0.25, 0.3) is 5.56 Å². The number of hydrogen-bond acceptors (Lipinski definition) is 7. The summed E-state index contributed by atoms with van der Waals surface area (Å²) in [4.78, 5) is 21.4. The Morgan fingerprint density at radius 3 is 2.43 bits per heavy atom. The minimum Gasteiger partial charge on any atom is -0.354 e. The second-order valence-electron chi connectivity index (χ2n) is 6.96. The van der Waals surface area contributed by atoms with E-state index < -0.39 is 15.6 Å². The summed E-state index contributed by atoms with van der Waals surface area (Å²) in [7, 11) is -2.16. The summed E-state index contributed by atoms with van der Waals surface area (Å²) in [6, 6.07) is 13.0. The molecule has 0 spiro atoms. The highest BCUT2D eigenvalue weighted by atomic mass is 32.2. The van der Waals surface area contributed by atoms with Gasteiger partial charge in [0.2, 0.25) is 16.0 Å². The number of pyridine rings is 1. The van der Waals surface area contributed by atoms with Gasteiger partial charge in [0.15, 0.2) is 0 Å². The average molecular weight is 429 g/mol. The third-order valence-electron chi connectivity index (χ3n) is 4.40. The Bertz CT molecular complexity index is 1160. The predicted molar refractivity (Wildman–Crippen MR) is 118 cm³/mol. The Labute approximate surface area is 175 Å². The molecule has 2 heterocycles. The van der Waals surface area contributed by atoms with Crippen LogP contribution in [-0.4, -0.2) is 41.8 Å². The van der Waals surface area contributed by atoms with Crippen LogP contribution >= 0.6 is 0 Å². The van der Waals surface area contributed by atoms with E-state index in [-0.39, 0.29) is 23.4 Å². The Morgan fingerprint density at radius 1 is 1.13 bits per heavy atom. The fourth-order valence-electron chi connectivity index (χ4n) is 2.97. The Balaban J connectivity index is 1.91. The molecule has 0 fully saturated rings. The topological polar surface area (TPSA) is 132 Å². The van der Waals surface area contributed by atoms with E-state index in [9.17, 15) is 13.2 Å². The highest BCUT2D eigenvalue weighted by molar-refractivity contribution is 7.92. The van der Waals surface area contributed by atoms with Crippen molar-refractivity contribution in [2.24, 2.45) is 12.8 Å². The molecule has 1 aromatic carbocycles. The van der Waals surface area contributed by atoms with Crippen LogP contribution in [0.25, 0.3) is 11.3 Å². The normalized spacial score (nSPS) is 12.4. The largest absolute Gasteiger partial charge is 0.354 e. The van der Waals surface area contributed by atoms with Crippen molar-refractivity contribution in [2.45, 2.75) is 12.5 Å². The smallest absolute Gasteiger partial charge is 0.279 e. The van der Waals surface area contributed by atoms with Gasteiger partial charge in [-0.05, 0) is 24.1 Å². The Morgan fingerprint density at radius 2 is 1.80 bits per heavy atom. The lowest BCUT2D eigenvalue weighted by molar-refractivity contribution is 0.606. The third kappa shape index (κ3) is 5.43. The van der Waals surface area contributed by atoms with Crippen LogP contribution in [0.1, 0.15) is 5.56 Å². The lowest BCUT2D eigenvalue weighted by Gasteiger charge is -2.18. The van der Waals surface area contributed by atoms with Gasteiger partial charge in [0.05, 0.1) is 6.26 Å². The third-order valence-corrected chi connectivity index (χ3v) is 4.97. The minimum absolute atomic E-state index is 0.120. The van der Waals surface area contributed by atoms with Crippen LogP contribution in [0.4, 0.5) is 11.6 Å². The second kappa shape index (κ2) is 9.06. The molecular formula is C20H24N6O3S. The number of benzene rings is 1. The summed E-state index contributed by atoms with van der Waals surface area (Å²) in [6.45, 7) is 0.379. The molecule has 1 unspecified atom stereocenters. The highest BCUT2D eigenvalue weighted by Crippen LogP contribution is 2.24. The van der Waals surface area contributed by atoms with Gasteiger partial charge in [-0.3, -0.25) is 19.1 Å². The van der Waals surface area contributed by atoms with E-state index in [1.165, 1.54) is 11.6 Å². The molecule has 0 saturated heterocycles. The molecule has 0 aliphatic carbocycles. The van der Waals surface area contributed by atoms with Crippen LogP contribution in [-0.2, 0) is 23.5 Å². The molecule has 2 aromatic heterocycles. The van der Waals surface area contributed by atoms with E-state index in [0.29, 0.717) is 18.5 Å². The summed E-state index contributed by atoms with van der Waals surface area (Å²) in [5, 5.41) is 3.11. The molecule has 0 amide bonds. The highest BCUT2D eigenvalue weighted by Gasteiger charge is 2.19. The van der Waals surface area contributed by atoms with Crippen molar-refractivity contribution in [1.82, 2.24) is 14.5 Å². The number of nitrogens with zero attached hydrogens (tertiary/aromatic N) is 3. The molecule has 30 heavy (non-hydrogen) atoms. The summed E-state index contributed by atoms with van der Waals surface area (Å²) >= 11 is 0. The maximum atomic E-state index is 12.9. The lowest BCUT2D eigenvalue weighted by Crippen LogP contribution is -2.34. The molecule has 9 nitrogen and oxygen atoms in total. The number of anilines is 2.